The lowest BCUT2D eigenvalue weighted by Gasteiger charge is -2.14. The van der Waals surface area contributed by atoms with Crippen LogP contribution in [0.4, 0.5) is 0 Å². The Hall–Kier alpha value is -3.46. The van der Waals surface area contributed by atoms with Gasteiger partial charge in [-0.2, -0.15) is 0 Å². The van der Waals surface area contributed by atoms with Crippen molar-refractivity contribution in [2.45, 2.75) is 24.1 Å². The van der Waals surface area contributed by atoms with Crippen molar-refractivity contribution < 1.29 is 14.6 Å². The van der Waals surface area contributed by atoms with Crippen LogP contribution in [0.25, 0.3) is 22.0 Å². The van der Waals surface area contributed by atoms with Crippen LogP contribution in [-0.2, 0) is 24.1 Å². The molecule has 3 aromatic heterocycles. The molecule has 0 amide bonds. The van der Waals surface area contributed by atoms with Gasteiger partial charge in [0.05, 0.1) is 30.6 Å². The molecule has 198 valence electrons. The molecule has 3 heterocycles. The van der Waals surface area contributed by atoms with Gasteiger partial charge >= 0.3 is 5.97 Å². The number of esters is 1. The Kier molecular flexibility index (Phi) is 9.85. The summed E-state index contributed by atoms with van der Waals surface area (Å²) in [6.07, 6.45) is 8.65. The van der Waals surface area contributed by atoms with E-state index in [9.17, 15) is 9.90 Å². The zero-order valence-electron chi connectivity index (χ0n) is 20.9. The van der Waals surface area contributed by atoms with E-state index in [2.05, 4.69) is 9.97 Å². The largest absolute Gasteiger partial charge is 0.507 e. The summed E-state index contributed by atoms with van der Waals surface area (Å²) in [6, 6.07) is 15.8. The maximum Gasteiger partial charge on any atom is 0.340 e. The molecule has 0 aliphatic heterocycles. The zero-order valence-corrected chi connectivity index (χ0v) is 23.4. The third kappa shape index (κ3) is 5.67. The molecule has 38 heavy (non-hydrogen) atoms. The summed E-state index contributed by atoms with van der Waals surface area (Å²) in [5.41, 5.74) is 4.26. The third-order valence-electron chi connectivity index (χ3n) is 6.16. The molecule has 0 aliphatic rings. The highest BCUT2D eigenvalue weighted by atomic mass is 35.5. The molecule has 0 unspecified atom stereocenters. The van der Waals surface area contributed by atoms with Gasteiger partial charge in [0.1, 0.15) is 5.75 Å². The molecule has 0 fully saturated rings. The van der Waals surface area contributed by atoms with Crippen molar-refractivity contribution in [3.05, 3.63) is 96.5 Å². The fourth-order valence-corrected chi connectivity index (χ4v) is 5.42. The molecule has 0 saturated carbocycles. The lowest BCUT2D eigenvalue weighted by Crippen LogP contribution is -2.09. The van der Waals surface area contributed by atoms with E-state index in [1.165, 1.54) is 0 Å². The highest BCUT2D eigenvalue weighted by molar-refractivity contribution is 7.98. The average molecular weight is 572 g/mol. The maximum atomic E-state index is 13.4. The number of rotatable bonds is 8. The molecule has 7 nitrogen and oxygen atoms in total. The van der Waals surface area contributed by atoms with Crippen LogP contribution in [-0.4, -0.2) is 36.8 Å². The monoisotopic (exact) mass is 570 g/mol. The van der Waals surface area contributed by atoms with Crippen LogP contribution in [0.3, 0.4) is 0 Å². The van der Waals surface area contributed by atoms with Crippen molar-refractivity contribution in [1.82, 2.24) is 19.1 Å². The number of hydrogen-bond acceptors (Lipinski definition) is 6. The van der Waals surface area contributed by atoms with Crippen LogP contribution in [0, 0.1) is 0 Å². The summed E-state index contributed by atoms with van der Waals surface area (Å²) >= 11 is 1.65. The van der Waals surface area contributed by atoms with Gasteiger partial charge in [-0.1, -0.05) is 24.3 Å². The van der Waals surface area contributed by atoms with E-state index in [4.69, 9.17) is 4.74 Å². The van der Waals surface area contributed by atoms with Crippen molar-refractivity contribution in [3.8, 4) is 16.9 Å². The topological polar surface area (TPSA) is 82.2 Å². The lowest BCUT2D eigenvalue weighted by atomic mass is 9.96. The number of carbonyl (C=O) groups is 1. The number of carbonyl (C=O) groups excluding carboxylic acids is 1. The minimum absolute atomic E-state index is 0. The van der Waals surface area contributed by atoms with Crippen molar-refractivity contribution in [3.63, 3.8) is 0 Å². The van der Waals surface area contributed by atoms with E-state index in [0.29, 0.717) is 34.4 Å². The fourth-order valence-electron chi connectivity index (χ4n) is 4.43. The number of nitrogens with zero attached hydrogens (tertiary/aromatic N) is 4. The molecule has 0 saturated heterocycles. The zero-order chi connectivity index (χ0) is 25.1. The second kappa shape index (κ2) is 12.9. The number of thioether (sulfide) groups is 1. The maximum absolute atomic E-state index is 13.4. The number of benzene rings is 2. The Morgan fingerprint density at radius 3 is 2.53 bits per heavy atom. The summed E-state index contributed by atoms with van der Waals surface area (Å²) in [4.78, 5) is 22.9. The van der Waals surface area contributed by atoms with Crippen molar-refractivity contribution in [2.75, 3.05) is 6.61 Å². The Labute approximate surface area is 237 Å². The van der Waals surface area contributed by atoms with Crippen LogP contribution >= 0.6 is 36.6 Å². The van der Waals surface area contributed by atoms with Crippen LogP contribution in [0.5, 0.6) is 5.75 Å². The number of aryl methyl sites for hydroxylation is 1. The summed E-state index contributed by atoms with van der Waals surface area (Å²) in [6.45, 7) is 2.40. The average Bonchev–Trinajstić information content (AvgIpc) is 3.51. The smallest absolute Gasteiger partial charge is 0.340 e. The molecule has 0 aliphatic carbocycles. The first kappa shape index (κ1) is 29.1. The molecule has 5 rings (SSSR count). The summed E-state index contributed by atoms with van der Waals surface area (Å²) in [7, 11) is 1.96. The van der Waals surface area contributed by atoms with Gasteiger partial charge in [0, 0.05) is 70.3 Å². The molecular weight excluding hydrogens is 543 g/mol. The van der Waals surface area contributed by atoms with Crippen LogP contribution in [0.15, 0.2) is 84.5 Å². The van der Waals surface area contributed by atoms with Crippen LogP contribution < -0.4 is 0 Å². The van der Waals surface area contributed by atoms with Crippen LogP contribution in [0.1, 0.15) is 28.5 Å². The second-order valence-electron chi connectivity index (χ2n) is 8.33. The predicted octanol–water partition coefficient (Wildman–Crippen LogP) is 6.50. The van der Waals surface area contributed by atoms with Gasteiger partial charge in [0.15, 0.2) is 0 Å². The van der Waals surface area contributed by atoms with Gasteiger partial charge in [-0.3, -0.25) is 4.98 Å². The number of phenolic OH excluding ortho intramolecular Hbond substituents is 1. The minimum Gasteiger partial charge on any atom is -0.507 e. The normalized spacial score (nSPS) is 10.6. The Balaban J connectivity index is 0.00000200. The Bertz CT molecular complexity index is 1510. The standard InChI is InChI=1S/C28H26N4O3S.2ClH/c1-3-35-28(34)26-24(17-36-20-9-5-4-6-10-20)31(2)23-14-21(19-8-7-11-29-15-19)27(33)22(25(23)26)16-32-13-12-30-18-32;;/h4-15,18,33H,3,16-17H2,1-2H3;2*1H. The molecule has 0 radical (unpaired) electrons. The molecule has 2 aromatic carbocycles. The van der Waals surface area contributed by atoms with E-state index in [1.54, 1.807) is 43.6 Å². The number of aromatic hydroxyl groups is 1. The number of hydrogen-bond donors (Lipinski definition) is 1. The number of fused-ring (bicyclic) bond motifs is 1. The quantitative estimate of drug-likeness (QED) is 0.169. The first-order valence-corrected chi connectivity index (χ1v) is 12.6. The molecule has 0 atom stereocenters. The number of phenols is 1. The lowest BCUT2D eigenvalue weighted by molar-refractivity contribution is 0.0527. The van der Waals surface area contributed by atoms with Crippen molar-refractivity contribution >= 4 is 53.4 Å². The number of ether oxygens (including phenoxy) is 1. The first-order valence-electron chi connectivity index (χ1n) is 11.7. The van der Waals surface area contributed by atoms with E-state index >= 15 is 0 Å². The molecule has 1 N–H and O–H groups in total. The van der Waals surface area contributed by atoms with Gasteiger partial charge < -0.3 is 19.0 Å². The molecule has 0 bridgehead atoms. The van der Waals surface area contributed by atoms with Crippen molar-refractivity contribution in [2.24, 2.45) is 7.05 Å². The number of imidazole rings is 1. The highest BCUT2D eigenvalue weighted by Gasteiger charge is 2.28. The van der Waals surface area contributed by atoms with Gasteiger partial charge in [0.2, 0.25) is 0 Å². The van der Waals surface area contributed by atoms with Crippen LogP contribution in [0.2, 0.25) is 0 Å². The fraction of sp³-hybridized carbons (Fsp3) is 0.179. The Morgan fingerprint density at radius 2 is 1.87 bits per heavy atom. The molecular formula is C28H28Cl2N4O3S. The van der Waals surface area contributed by atoms with Gasteiger partial charge in [0.25, 0.3) is 0 Å². The van der Waals surface area contributed by atoms with Gasteiger partial charge in [-0.25, -0.2) is 9.78 Å². The van der Waals surface area contributed by atoms with Gasteiger partial charge in [-0.15, -0.1) is 36.6 Å². The van der Waals surface area contributed by atoms with E-state index in [-0.39, 0.29) is 37.2 Å². The molecule has 10 heteroatoms. The number of pyridine rings is 1. The number of aromatic nitrogens is 4. The van der Waals surface area contributed by atoms with E-state index in [1.807, 2.05) is 70.9 Å². The SMILES string of the molecule is CCOC(=O)c1c(CSc2ccccc2)n(C)c2cc(-c3cccnc3)c(O)c(Cn3ccnc3)c12.Cl.Cl. The third-order valence-corrected chi connectivity index (χ3v) is 7.18. The summed E-state index contributed by atoms with van der Waals surface area (Å²) < 4.78 is 9.43. The Morgan fingerprint density at radius 1 is 1.08 bits per heavy atom. The summed E-state index contributed by atoms with van der Waals surface area (Å²) in [5.74, 6) is 0.284. The second-order valence-corrected chi connectivity index (χ2v) is 9.37. The minimum atomic E-state index is -0.396. The van der Waals surface area contributed by atoms with E-state index in [0.717, 1.165) is 21.7 Å². The molecule has 5 aromatic rings. The van der Waals surface area contributed by atoms with E-state index < -0.39 is 5.97 Å². The first-order chi connectivity index (χ1) is 17.6. The van der Waals surface area contributed by atoms with Gasteiger partial charge in [-0.05, 0) is 31.2 Å². The summed E-state index contributed by atoms with van der Waals surface area (Å²) in [5, 5.41) is 12.2. The molecule has 0 spiro atoms. The van der Waals surface area contributed by atoms with Crippen molar-refractivity contribution in [1.29, 1.82) is 0 Å². The predicted molar refractivity (Wildman–Crippen MR) is 156 cm³/mol. The number of halogens is 2. The highest BCUT2D eigenvalue weighted by Crippen LogP contribution is 2.42.